The van der Waals surface area contributed by atoms with E-state index in [1.165, 1.54) is 0 Å². The number of piperidine rings is 1. The molecule has 3 nitrogen and oxygen atoms in total. The van der Waals surface area contributed by atoms with Gasteiger partial charge in [0.2, 0.25) is 0 Å². The fourth-order valence-electron chi connectivity index (χ4n) is 2.13. The zero-order valence-electron chi connectivity index (χ0n) is 7.87. The summed E-state index contributed by atoms with van der Waals surface area (Å²) in [7, 11) is 0. The third kappa shape index (κ3) is 2.30. The number of fused-ring (bicyclic) bond motifs is 2. The lowest BCUT2D eigenvalue weighted by Crippen LogP contribution is -2.55. The molecule has 2 saturated heterocycles. The molecule has 2 bridgehead atoms. The van der Waals surface area contributed by atoms with Gasteiger partial charge in [-0.3, -0.25) is 0 Å². The fourth-order valence-corrected chi connectivity index (χ4v) is 2.13. The van der Waals surface area contributed by atoms with E-state index in [1.54, 1.807) is 0 Å². The average Bonchev–Trinajstić information content (AvgIpc) is 2.14. The molecule has 0 aromatic rings. The van der Waals surface area contributed by atoms with Crippen LogP contribution in [0.2, 0.25) is 0 Å². The van der Waals surface area contributed by atoms with Crippen molar-refractivity contribution in [3.8, 4) is 0 Å². The van der Waals surface area contributed by atoms with Gasteiger partial charge in [-0.1, -0.05) is 6.08 Å². The fraction of sp³-hybridized carbons (Fsp3) is 0.800. The Kier molecular flexibility index (Phi) is 2.98. The number of rotatable bonds is 3. The molecule has 3 atom stereocenters. The number of hydrogen-bond donors (Lipinski definition) is 1. The quantitative estimate of drug-likeness (QED) is 0.654. The van der Waals surface area contributed by atoms with Crippen LogP contribution in [0.5, 0.6) is 0 Å². The summed E-state index contributed by atoms with van der Waals surface area (Å²) < 4.78 is 11.1. The van der Waals surface area contributed by atoms with Crippen molar-refractivity contribution in [3.63, 3.8) is 0 Å². The molecule has 3 heteroatoms. The van der Waals surface area contributed by atoms with Gasteiger partial charge in [-0.15, -0.1) is 6.58 Å². The molecule has 2 rings (SSSR count). The zero-order chi connectivity index (χ0) is 9.10. The monoisotopic (exact) mass is 183 g/mol. The SMILES string of the molecule is C=CCOC1C[C@H]2COC[C@@H](C1)N2. The van der Waals surface area contributed by atoms with Crippen LogP contribution in [0.25, 0.3) is 0 Å². The minimum Gasteiger partial charge on any atom is -0.378 e. The molecular formula is C10H17NO2. The summed E-state index contributed by atoms with van der Waals surface area (Å²) in [5.74, 6) is 0. The molecule has 0 spiro atoms. The van der Waals surface area contributed by atoms with E-state index in [2.05, 4.69) is 11.9 Å². The summed E-state index contributed by atoms with van der Waals surface area (Å²) in [5.41, 5.74) is 0. The highest BCUT2D eigenvalue weighted by Crippen LogP contribution is 2.20. The van der Waals surface area contributed by atoms with E-state index in [0.29, 0.717) is 24.8 Å². The van der Waals surface area contributed by atoms with Crippen LogP contribution >= 0.6 is 0 Å². The van der Waals surface area contributed by atoms with Crippen molar-refractivity contribution in [2.45, 2.75) is 31.0 Å². The number of ether oxygens (including phenoxy) is 2. The number of nitrogens with one attached hydrogen (secondary N) is 1. The lowest BCUT2D eigenvalue weighted by atomic mass is 9.95. The first-order valence-corrected chi connectivity index (χ1v) is 4.95. The molecular weight excluding hydrogens is 166 g/mol. The molecule has 0 saturated carbocycles. The van der Waals surface area contributed by atoms with E-state index >= 15 is 0 Å². The van der Waals surface area contributed by atoms with Crippen molar-refractivity contribution >= 4 is 0 Å². The average molecular weight is 183 g/mol. The molecule has 2 fully saturated rings. The van der Waals surface area contributed by atoms with Crippen LogP contribution in [0.1, 0.15) is 12.8 Å². The van der Waals surface area contributed by atoms with E-state index in [1.807, 2.05) is 6.08 Å². The molecule has 74 valence electrons. The third-order valence-corrected chi connectivity index (χ3v) is 2.65. The van der Waals surface area contributed by atoms with Crippen molar-refractivity contribution in [1.82, 2.24) is 5.32 Å². The highest BCUT2D eigenvalue weighted by Gasteiger charge is 2.31. The van der Waals surface area contributed by atoms with E-state index in [-0.39, 0.29) is 0 Å². The Morgan fingerprint density at radius 3 is 2.69 bits per heavy atom. The van der Waals surface area contributed by atoms with Crippen molar-refractivity contribution in [2.24, 2.45) is 0 Å². The summed E-state index contributed by atoms with van der Waals surface area (Å²) in [4.78, 5) is 0. The second-order valence-corrected chi connectivity index (χ2v) is 3.81. The highest BCUT2D eigenvalue weighted by atomic mass is 16.5. The molecule has 2 aliphatic heterocycles. The van der Waals surface area contributed by atoms with Crippen LogP contribution in [0.3, 0.4) is 0 Å². The topological polar surface area (TPSA) is 30.5 Å². The Balaban J connectivity index is 1.83. The number of hydrogen-bond acceptors (Lipinski definition) is 3. The smallest absolute Gasteiger partial charge is 0.0648 e. The van der Waals surface area contributed by atoms with Crippen LogP contribution in [0, 0.1) is 0 Å². The maximum absolute atomic E-state index is 5.65. The Labute approximate surface area is 79.1 Å². The first-order valence-electron chi connectivity index (χ1n) is 4.95. The molecule has 0 aromatic heterocycles. The molecule has 13 heavy (non-hydrogen) atoms. The first kappa shape index (κ1) is 9.19. The highest BCUT2D eigenvalue weighted by molar-refractivity contribution is 4.89. The van der Waals surface area contributed by atoms with E-state index in [0.717, 1.165) is 26.1 Å². The zero-order valence-corrected chi connectivity index (χ0v) is 7.87. The van der Waals surface area contributed by atoms with Gasteiger partial charge in [0.15, 0.2) is 0 Å². The Hall–Kier alpha value is -0.380. The molecule has 2 heterocycles. The van der Waals surface area contributed by atoms with Crippen LogP contribution in [0.15, 0.2) is 12.7 Å². The molecule has 0 amide bonds. The first-order chi connectivity index (χ1) is 6.38. The van der Waals surface area contributed by atoms with Gasteiger partial charge in [-0.2, -0.15) is 0 Å². The molecule has 1 unspecified atom stereocenters. The Morgan fingerprint density at radius 2 is 2.08 bits per heavy atom. The molecule has 0 aliphatic carbocycles. The van der Waals surface area contributed by atoms with Gasteiger partial charge < -0.3 is 14.8 Å². The van der Waals surface area contributed by atoms with Crippen LogP contribution in [-0.4, -0.2) is 38.0 Å². The predicted octanol–water partition coefficient (Wildman–Crippen LogP) is 0.708. The molecule has 0 aromatic carbocycles. The standard InChI is InChI=1S/C10H17NO2/c1-2-3-13-10-4-8-6-12-7-9(5-10)11-8/h2,8-11H,1,3-7H2/t8-,9+,10?. The van der Waals surface area contributed by atoms with Crippen LogP contribution < -0.4 is 5.32 Å². The Morgan fingerprint density at radius 1 is 1.38 bits per heavy atom. The Bertz CT molecular complexity index is 172. The van der Waals surface area contributed by atoms with Gasteiger partial charge in [0.05, 0.1) is 25.9 Å². The van der Waals surface area contributed by atoms with E-state index in [9.17, 15) is 0 Å². The van der Waals surface area contributed by atoms with Crippen molar-refractivity contribution in [1.29, 1.82) is 0 Å². The maximum Gasteiger partial charge on any atom is 0.0648 e. The van der Waals surface area contributed by atoms with Crippen molar-refractivity contribution in [2.75, 3.05) is 19.8 Å². The summed E-state index contributed by atoms with van der Waals surface area (Å²) in [6.45, 7) is 6.00. The predicted molar refractivity (Wildman–Crippen MR) is 50.7 cm³/mol. The van der Waals surface area contributed by atoms with E-state index < -0.39 is 0 Å². The largest absolute Gasteiger partial charge is 0.378 e. The third-order valence-electron chi connectivity index (χ3n) is 2.65. The second-order valence-electron chi connectivity index (χ2n) is 3.81. The van der Waals surface area contributed by atoms with Gasteiger partial charge in [0.25, 0.3) is 0 Å². The normalized spacial score (nSPS) is 38.6. The number of morpholine rings is 1. The van der Waals surface area contributed by atoms with Gasteiger partial charge in [0, 0.05) is 12.1 Å². The van der Waals surface area contributed by atoms with Gasteiger partial charge in [-0.25, -0.2) is 0 Å². The van der Waals surface area contributed by atoms with E-state index in [4.69, 9.17) is 9.47 Å². The molecule has 2 aliphatic rings. The van der Waals surface area contributed by atoms with Crippen LogP contribution in [0.4, 0.5) is 0 Å². The van der Waals surface area contributed by atoms with Gasteiger partial charge in [0.1, 0.15) is 0 Å². The minimum absolute atomic E-state index is 0.401. The second kappa shape index (κ2) is 4.22. The van der Waals surface area contributed by atoms with Crippen LogP contribution in [-0.2, 0) is 9.47 Å². The lowest BCUT2D eigenvalue weighted by Gasteiger charge is -2.39. The van der Waals surface area contributed by atoms with Crippen molar-refractivity contribution in [3.05, 3.63) is 12.7 Å². The summed E-state index contributed by atoms with van der Waals surface area (Å²) >= 11 is 0. The summed E-state index contributed by atoms with van der Waals surface area (Å²) in [6, 6.07) is 1.00. The summed E-state index contributed by atoms with van der Waals surface area (Å²) in [6.07, 6.45) is 4.36. The minimum atomic E-state index is 0.401. The lowest BCUT2D eigenvalue weighted by molar-refractivity contribution is -0.0419. The maximum atomic E-state index is 5.65. The van der Waals surface area contributed by atoms with Gasteiger partial charge in [-0.05, 0) is 12.8 Å². The van der Waals surface area contributed by atoms with Crippen molar-refractivity contribution < 1.29 is 9.47 Å². The summed E-state index contributed by atoms with van der Waals surface area (Å²) in [5, 5.41) is 3.53. The van der Waals surface area contributed by atoms with Gasteiger partial charge >= 0.3 is 0 Å². The molecule has 0 radical (unpaired) electrons. The molecule has 1 N–H and O–H groups in total.